The first-order valence-electron chi connectivity index (χ1n) is 7.01. The second kappa shape index (κ2) is 8.29. The average Bonchev–Trinajstić information content (AvgIpc) is 2.42. The van der Waals surface area contributed by atoms with Gasteiger partial charge in [-0.15, -0.1) is 12.4 Å². The van der Waals surface area contributed by atoms with Gasteiger partial charge in [-0.3, -0.25) is 4.79 Å². The van der Waals surface area contributed by atoms with Gasteiger partial charge in [-0.1, -0.05) is 6.07 Å². The van der Waals surface area contributed by atoms with Gasteiger partial charge in [-0.2, -0.15) is 0 Å². The molecule has 1 heterocycles. The molecule has 1 aliphatic rings. The molecule has 1 unspecified atom stereocenters. The summed E-state index contributed by atoms with van der Waals surface area (Å²) >= 11 is 0. The number of rotatable bonds is 4. The summed E-state index contributed by atoms with van der Waals surface area (Å²) in [6.45, 7) is 3.68. The van der Waals surface area contributed by atoms with E-state index in [-0.39, 0.29) is 24.4 Å². The maximum atomic E-state index is 13.2. The molecule has 1 aromatic rings. The highest BCUT2D eigenvalue weighted by Crippen LogP contribution is 2.19. The molecule has 3 nitrogen and oxygen atoms in total. The van der Waals surface area contributed by atoms with Crippen LogP contribution in [0.1, 0.15) is 37.8 Å². The van der Waals surface area contributed by atoms with Crippen LogP contribution in [0, 0.1) is 17.6 Å². The quantitative estimate of drug-likeness (QED) is 0.896. The molecule has 2 rings (SSSR count). The fourth-order valence-corrected chi connectivity index (χ4v) is 2.51. The third kappa shape index (κ3) is 5.25. The lowest BCUT2D eigenvalue weighted by Crippen LogP contribution is -2.33. The van der Waals surface area contributed by atoms with Crippen LogP contribution in [0.5, 0.6) is 0 Å². The van der Waals surface area contributed by atoms with Gasteiger partial charge in [-0.25, -0.2) is 8.78 Å². The molecule has 0 bridgehead atoms. The van der Waals surface area contributed by atoms with Gasteiger partial charge < -0.3 is 10.6 Å². The molecule has 6 heteroatoms. The highest BCUT2D eigenvalue weighted by molar-refractivity contribution is 5.85. The van der Waals surface area contributed by atoms with E-state index >= 15 is 0 Å². The van der Waals surface area contributed by atoms with Crippen molar-refractivity contribution in [1.29, 1.82) is 0 Å². The molecule has 0 spiro atoms. The lowest BCUT2D eigenvalue weighted by atomic mass is 9.94. The predicted octanol–water partition coefficient (Wildman–Crippen LogP) is 2.95. The summed E-state index contributed by atoms with van der Waals surface area (Å²) < 4.78 is 26.0. The van der Waals surface area contributed by atoms with E-state index in [2.05, 4.69) is 10.6 Å². The molecule has 1 saturated heterocycles. The lowest BCUT2D eigenvalue weighted by molar-refractivity contribution is -0.122. The van der Waals surface area contributed by atoms with Crippen molar-refractivity contribution >= 4 is 18.3 Å². The lowest BCUT2D eigenvalue weighted by Gasteiger charge is -2.23. The molecular formula is C15H21ClF2N2O. The van der Waals surface area contributed by atoms with Crippen molar-refractivity contribution in [3.05, 3.63) is 35.4 Å². The Balaban J connectivity index is 0.00000220. The number of nitrogens with one attached hydrogen (secondary N) is 2. The highest BCUT2D eigenvalue weighted by Gasteiger charge is 2.18. The first kappa shape index (κ1) is 17.9. The fourth-order valence-electron chi connectivity index (χ4n) is 2.51. The zero-order chi connectivity index (χ0) is 14.5. The SMILES string of the molecule is CC(NC(=O)CC1CCNCC1)c1ccc(F)c(F)c1.Cl. The molecule has 2 N–H and O–H groups in total. The second-order valence-corrected chi connectivity index (χ2v) is 5.36. The number of benzene rings is 1. The predicted molar refractivity (Wildman–Crippen MR) is 80.4 cm³/mol. The fraction of sp³-hybridized carbons (Fsp3) is 0.533. The first-order valence-corrected chi connectivity index (χ1v) is 7.01. The average molecular weight is 319 g/mol. The molecule has 1 atom stereocenters. The molecule has 0 saturated carbocycles. The molecule has 0 aromatic heterocycles. The Hall–Kier alpha value is -1.20. The van der Waals surface area contributed by atoms with Gasteiger partial charge >= 0.3 is 0 Å². The molecule has 0 aliphatic carbocycles. The van der Waals surface area contributed by atoms with Crippen molar-refractivity contribution in [2.24, 2.45) is 5.92 Å². The standard InChI is InChI=1S/C15H20F2N2O.ClH/c1-10(12-2-3-13(16)14(17)9-12)19-15(20)8-11-4-6-18-7-5-11;/h2-3,9-11,18H,4-8H2,1H3,(H,19,20);1H. The van der Waals surface area contributed by atoms with Crippen LogP contribution in [-0.4, -0.2) is 19.0 Å². The van der Waals surface area contributed by atoms with Crippen LogP contribution in [0.3, 0.4) is 0 Å². The van der Waals surface area contributed by atoms with E-state index in [1.807, 2.05) is 0 Å². The Morgan fingerprint density at radius 1 is 1.33 bits per heavy atom. The Labute approximate surface area is 129 Å². The number of hydrogen-bond acceptors (Lipinski definition) is 2. The second-order valence-electron chi connectivity index (χ2n) is 5.36. The summed E-state index contributed by atoms with van der Waals surface area (Å²) in [4.78, 5) is 11.9. The molecule has 1 aromatic carbocycles. The summed E-state index contributed by atoms with van der Waals surface area (Å²) in [6.07, 6.45) is 2.51. The summed E-state index contributed by atoms with van der Waals surface area (Å²) in [5.74, 6) is -1.38. The van der Waals surface area contributed by atoms with Crippen molar-refractivity contribution in [3.63, 3.8) is 0 Å². The molecule has 1 fully saturated rings. The Bertz CT molecular complexity index is 479. The summed E-state index contributed by atoms with van der Waals surface area (Å²) in [6, 6.07) is 3.39. The summed E-state index contributed by atoms with van der Waals surface area (Å²) in [5.41, 5.74) is 0.572. The van der Waals surface area contributed by atoms with Gasteiger partial charge in [0.15, 0.2) is 11.6 Å². The molecule has 1 aliphatic heterocycles. The first-order chi connectivity index (χ1) is 9.56. The monoisotopic (exact) mass is 318 g/mol. The number of hydrogen-bond donors (Lipinski definition) is 2. The third-order valence-corrected chi connectivity index (χ3v) is 3.75. The zero-order valence-electron chi connectivity index (χ0n) is 12.0. The minimum absolute atomic E-state index is 0. The van der Waals surface area contributed by atoms with Crippen LogP contribution in [0.25, 0.3) is 0 Å². The number of amides is 1. The van der Waals surface area contributed by atoms with Crippen molar-refractivity contribution in [2.75, 3.05) is 13.1 Å². The minimum Gasteiger partial charge on any atom is -0.350 e. The van der Waals surface area contributed by atoms with Gasteiger partial charge in [0.1, 0.15) is 0 Å². The van der Waals surface area contributed by atoms with Crippen molar-refractivity contribution in [3.8, 4) is 0 Å². The van der Waals surface area contributed by atoms with E-state index in [1.54, 1.807) is 6.92 Å². The number of carbonyl (C=O) groups excluding carboxylic acids is 1. The van der Waals surface area contributed by atoms with Crippen LogP contribution >= 0.6 is 12.4 Å². The third-order valence-electron chi connectivity index (χ3n) is 3.75. The molecule has 0 radical (unpaired) electrons. The molecule has 1 amide bonds. The van der Waals surface area contributed by atoms with Gasteiger partial charge in [0.2, 0.25) is 5.91 Å². The summed E-state index contributed by atoms with van der Waals surface area (Å²) in [5, 5.41) is 6.10. The smallest absolute Gasteiger partial charge is 0.220 e. The Morgan fingerprint density at radius 2 is 2.00 bits per heavy atom. The van der Waals surface area contributed by atoms with Crippen molar-refractivity contribution in [1.82, 2.24) is 10.6 Å². The largest absolute Gasteiger partial charge is 0.350 e. The van der Waals surface area contributed by atoms with E-state index in [0.29, 0.717) is 17.9 Å². The maximum Gasteiger partial charge on any atom is 0.220 e. The van der Waals surface area contributed by atoms with E-state index in [0.717, 1.165) is 38.1 Å². The molecule has 118 valence electrons. The topological polar surface area (TPSA) is 41.1 Å². The normalized spacial score (nSPS) is 16.9. The van der Waals surface area contributed by atoms with Crippen molar-refractivity contribution < 1.29 is 13.6 Å². The van der Waals surface area contributed by atoms with Crippen LogP contribution in [-0.2, 0) is 4.79 Å². The van der Waals surface area contributed by atoms with E-state index in [1.165, 1.54) is 6.07 Å². The number of carbonyl (C=O) groups is 1. The Kier molecular flexibility index (Phi) is 7.05. The maximum absolute atomic E-state index is 13.2. The van der Waals surface area contributed by atoms with Crippen molar-refractivity contribution in [2.45, 2.75) is 32.2 Å². The van der Waals surface area contributed by atoms with Gasteiger partial charge in [-0.05, 0) is 56.5 Å². The molecule has 21 heavy (non-hydrogen) atoms. The van der Waals surface area contributed by atoms with E-state index in [4.69, 9.17) is 0 Å². The summed E-state index contributed by atoms with van der Waals surface area (Å²) in [7, 11) is 0. The van der Waals surface area contributed by atoms with Crippen LogP contribution in [0.2, 0.25) is 0 Å². The van der Waals surface area contributed by atoms with E-state index in [9.17, 15) is 13.6 Å². The van der Waals surface area contributed by atoms with Crippen LogP contribution in [0.15, 0.2) is 18.2 Å². The van der Waals surface area contributed by atoms with Crippen LogP contribution in [0.4, 0.5) is 8.78 Å². The number of halogens is 3. The number of piperidine rings is 1. The molecular weight excluding hydrogens is 298 g/mol. The Morgan fingerprint density at radius 3 is 2.62 bits per heavy atom. The minimum atomic E-state index is -0.887. The highest BCUT2D eigenvalue weighted by atomic mass is 35.5. The van der Waals surface area contributed by atoms with Gasteiger partial charge in [0, 0.05) is 6.42 Å². The van der Waals surface area contributed by atoms with Crippen LogP contribution < -0.4 is 10.6 Å². The zero-order valence-corrected chi connectivity index (χ0v) is 12.8. The van der Waals surface area contributed by atoms with Gasteiger partial charge in [0.25, 0.3) is 0 Å². The van der Waals surface area contributed by atoms with Gasteiger partial charge in [0.05, 0.1) is 6.04 Å². The van der Waals surface area contributed by atoms with E-state index < -0.39 is 11.6 Å².